The van der Waals surface area contributed by atoms with Gasteiger partial charge in [-0.05, 0) is 116 Å². The first-order valence-electron chi connectivity index (χ1n) is 36.2. The number of phosphoric acid groups is 2. The molecule has 0 aromatic carbocycles. The lowest BCUT2D eigenvalue weighted by molar-refractivity contribution is -0.161. The number of phosphoric ester groups is 2. The Hall–Kier alpha value is -3.50. The summed E-state index contributed by atoms with van der Waals surface area (Å²) in [5, 5.41) is 10.6. The van der Waals surface area contributed by atoms with Gasteiger partial charge >= 0.3 is 39.5 Å². The van der Waals surface area contributed by atoms with Crippen molar-refractivity contribution in [2.45, 2.75) is 329 Å². The fraction of sp³-hybridized carbons (Fsp3) is 0.781. The first kappa shape index (κ1) is 88.5. The minimum absolute atomic E-state index is 0.0854. The Labute approximate surface area is 558 Å². The van der Waals surface area contributed by atoms with Crippen LogP contribution in [-0.4, -0.2) is 96.7 Å². The summed E-state index contributed by atoms with van der Waals surface area (Å²) in [7, 11) is -9.94. The highest BCUT2D eigenvalue weighted by Gasteiger charge is 2.30. The molecule has 0 aliphatic carbocycles. The molecule has 5 atom stereocenters. The van der Waals surface area contributed by atoms with Gasteiger partial charge in [-0.25, -0.2) is 9.13 Å². The average Bonchev–Trinajstić information content (AvgIpc) is 2.24. The van der Waals surface area contributed by atoms with Gasteiger partial charge in [0.15, 0.2) is 12.2 Å². The quantitative estimate of drug-likeness (QED) is 0.0169. The number of hydrogen-bond donors (Lipinski definition) is 3. The van der Waals surface area contributed by atoms with E-state index in [0.29, 0.717) is 25.7 Å². The molecule has 0 heterocycles. The molecule has 534 valence electrons. The van der Waals surface area contributed by atoms with Gasteiger partial charge in [-0.1, -0.05) is 242 Å². The van der Waals surface area contributed by atoms with E-state index in [9.17, 15) is 43.2 Å². The fourth-order valence-corrected chi connectivity index (χ4v) is 11.2. The van der Waals surface area contributed by atoms with Gasteiger partial charge in [-0.2, -0.15) is 0 Å². The number of esters is 4. The lowest BCUT2D eigenvalue weighted by Gasteiger charge is -2.21. The van der Waals surface area contributed by atoms with Gasteiger partial charge in [0.2, 0.25) is 0 Å². The van der Waals surface area contributed by atoms with E-state index in [2.05, 4.69) is 101 Å². The predicted molar refractivity (Wildman–Crippen MR) is 372 cm³/mol. The van der Waals surface area contributed by atoms with Crippen molar-refractivity contribution in [3.63, 3.8) is 0 Å². The first-order valence-corrected chi connectivity index (χ1v) is 39.2. The Balaban J connectivity index is 5.34. The summed E-state index contributed by atoms with van der Waals surface area (Å²) in [5.74, 6) is -2.22. The fourth-order valence-electron chi connectivity index (χ4n) is 9.61. The van der Waals surface area contributed by atoms with Crippen LogP contribution < -0.4 is 0 Å². The van der Waals surface area contributed by atoms with Gasteiger partial charge in [-0.15, -0.1) is 0 Å². The summed E-state index contributed by atoms with van der Waals surface area (Å²) in [6, 6.07) is 0. The summed E-state index contributed by atoms with van der Waals surface area (Å²) in [6.45, 7) is 4.67. The van der Waals surface area contributed by atoms with Crippen LogP contribution in [0.4, 0.5) is 0 Å². The maximum absolute atomic E-state index is 13.0. The van der Waals surface area contributed by atoms with E-state index >= 15 is 0 Å². The third kappa shape index (κ3) is 65.2. The number of unbranched alkanes of at least 4 members (excludes halogenated alkanes) is 30. The van der Waals surface area contributed by atoms with Crippen molar-refractivity contribution in [3.8, 4) is 0 Å². The van der Waals surface area contributed by atoms with Crippen LogP contribution in [-0.2, 0) is 65.4 Å². The molecule has 0 aromatic rings. The zero-order valence-electron chi connectivity index (χ0n) is 58.0. The molecular formula is C73H130O17P2. The summed E-state index contributed by atoms with van der Waals surface area (Å²) in [4.78, 5) is 72.6. The SMILES string of the molecule is CC/C=C\C/C=C\C/C=C\C/C=C\CCCCC(=O)OCC(COP(=O)(O)OCC(O)COP(=O)(O)OCC(COC(=O)CCCCCCC/C=C\CCCCCC)OC(=O)CCCCCCC/C=C\CCCCCC)OC(=O)CCCCCCCCCCCCC. The third-order valence-corrected chi connectivity index (χ3v) is 17.1. The van der Waals surface area contributed by atoms with Crippen LogP contribution in [0.15, 0.2) is 72.9 Å². The van der Waals surface area contributed by atoms with E-state index in [1.807, 2.05) is 0 Å². The Bertz CT molecular complexity index is 2040. The topological polar surface area (TPSA) is 237 Å². The van der Waals surface area contributed by atoms with Crippen LogP contribution in [0.3, 0.4) is 0 Å². The van der Waals surface area contributed by atoms with Gasteiger partial charge < -0.3 is 33.8 Å². The molecule has 0 saturated carbocycles. The van der Waals surface area contributed by atoms with E-state index in [0.717, 1.165) is 141 Å². The van der Waals surface area contributed by atoms with Gasteiger partial charge in [0.05, 0.1) is 26.4 Å². The number of hydrogen-bond acceptors (Lipinski definition) is 15. The first-order chi connectivity index (χ1) is 44.7. The molecule has 0 aliphatic rings. The molecular weight excluding hydrogens is 1210 g/mol. The van der Waals surface area contributed by atoms with Crippen molar-refractivity contribution in [2.24, 2.45) is 0 Å². The molecule has 0 spiro atoms. The zero-order chi connectivity index (χ0) is 67.5. The van der Waals surface area contributed by atoms with E-state index in [4.69, 9.17) is 37.0 Å². The zero-order valence-corrected chi connectivity index (χ0v) is 59.8. The molecule has 0 bridgehead atoms. The molecule has 0 amide bonds. The molecule has 0 fully saturated rings. The van der Waals surface area contributed by atoms with Crippen LogP contribution in [0.25, 0.3) is 0 Å². The number of aliphatic hydroxyl groups excluding tert-OH is 1. The average molecular weight is 1340 g/mol. The molecule has 3 N–H and O–H groups in total. The van der Waals surface area contributed by atoms with E-state index < -0.39 is 97.5 Å². The molecule has 0 rings (SSSR count). The minimum Gasteiger partial charge on any atom is -0.462 e. The number of ether oxygens (including phenoxy) is 4. The van der Waals surface area contributed by atoms with Gasteiger partial charge in [0.1, 0.15) is 19.3 Å². The van der Waals surface area contributed by atoms with Crippen LogP contribution in [0.2, 0.25) is 0 Å². The van der Waals surface area contributed by atoms with Crippen LogP contribution in [0.5, 0.6) is 0 Å². The predicted octanol–water partition coefficient (Wildman–Crippen LogP) is 20.1. The molecule has 0 aliphatic heterocycles. The van der Waals surface area contributed by atoms with Crippen molar-refractivity contribution >= 4 is 39.5 Å². The van der Waals surface area contributed by atoms with Crippen molar-refractivity contribution in [1.82, 2.24) is 0 Å². The number of aliphatic hydroxyl groups is 1. The Morgan fingerprint density at radius 3 is 0.913 bits per heavy atom. The molecule has 92 heavy (non-hydrogen) atoms. The van der Waals surface area contributed by atoms with E-state index in [1.54, 1.807) is 0 Å². The highest BCUT2D eigenvalue weighted by Crippen LogP contribution is 2.45. The molecule has 0 saturated heterocycles. The van der Waals surface area contributed by atoms with Crippen LogP contribution >= 0.6 is 15.6 Å². The van der Waals surface area contributed by atoms with E-state index in [-0.39, 0.29) is 25.7 Å². The summed E-state index contributed by atoms with van der Waals surface area (Å²) in [5.41, 5.74) is 0. The second kappa shape index (κ2) is 66.1. The summed E-state index contributed by atoms with van der Waals surface area (Å²) < 4.78 is 68.2. The van der Waals surface area contributed by atoms with Gasteiger partial charge in [0, 0.05) is 25.7 Å². The summed E-state index contributed by atoms with van der Waals surface area (Å²) >= 11 is 0. The Morgan fingerprint density at radius 1 is 0.315 bits per heavy atom. The van der Waals surface area contributed by atoms with Crippen LogP contribution in [0.1, 0.15) is 310 Å². The number of rotatable bonds is 68. The molecule has 0 aromatic heterocycles. The van der Waals surface area contributed by atoms with Gasteiger partial charge in [-0.3, -0.25) is 37.3 Å². The largest absolute Gasteiger partial charge is 0.472 e. The highest BCUT2D eigenvalue weighted by molar-refractivity contribution is 7.47. The standard InChI is InChI=1S/C73H130O17P2/c1-5-9-13-17-21-25-29-32-33-36-39-42-46-50-54-58-71(76)84-63-68(89-72(77)59-55-51-47-43-37-28-24-20-16-12-8-4)65-87-91(79,80)85-61-67(74)62-86-92(81,82)88-66-69(90-73(78)60-56-52-48-44-40-35-31-27-23-19-15-11-7-3)64-83-70(75)57-53-49-45-41-38-34-30-26-22-18-14-10-6-2/h9,13,21,25-27,30-33,39,42,67-69,74H,5-8,10-12,14-20,22-24,28-29,34-38,40-41,43-66H2,1-4H3,(H,79,80)(H,81,82)/b13-9-,25-21-,30-26-,31-27-,33-32-,42-39-. The second-order valence-corrected chi connectivity index (χ2v) is 27.1. The number of carbonyl (C=O) groups excluding carboxylic acids is 4. The summed E-state index contributed by atoms with van der Waals surface area (Å²) in [6.07, 6.45) is 63.4. The second-order valence-electron chi connectivity index (χ2n) is 24.2. The minimum atomic E-state index is -4.97. The number of carbonyl (C=O) groups is 4. The molecule has 5 unspecified atom stereocenters. The normalized spacial score (nSPS) is 14.5. The Morgan fingerprint density at radius 2 is 0.565 bits per heavy atom. The van der Waals surface area contributed by atoms with Crippen molar-refractivity contribution in [3.05, 3.63) is 72.9 Å². The molecule has 17 nitrogen and oxygen atoms in total. The van der Waals surface area contributed by atoms with Crippen molar-refractivity contribution in [2.75, 3.05) is 39.6 Å². The maximum atomic E-state index is 13.0. The lowest BCUT2D eigenvalue weighted by atomic mass is 10.1. The lowest BCUT2D eigenvalue weighted by Crippen LogP contribution is -2.30. The van der Waals surface area contributed by atoms with Crippen molar-refractivity contribution in [1.29, 1.82) is 0 Å². The highest BCUT2D eigenvalue weighted by atomic mass is 31.2. The van der Waals surface area contributed by atoms with Gasteiger partial charge in [0.25, 0.3) is 0 Å². The monoisotopic (exact) mass is 1340 g/mol. The van der Waals surface area contributed by atoms with E-state index in [1.165, 1.54) is 89.9 Å². The smallest absolute Gasteiger partial charge is 0.462 e. The number of allylic oxidation sites excluding steroid dienone is 12. The van der Waals surface area contributed by atoms with Crippen LogP contribution in [0, 0.1) is 0 Å². The maximum Gasteiger partial charge on any atom is 0.472 e. The molecule has 19 heteroatoms. The van der Waals surface area contributed by atoms with Crippen molar-refractivity contribution < 1.29 is 80.2 Å². The Kier molecular flexibility index (Phi) is 63.6. The third-order valence-electron chi connectivity index (χ3n) is 15.2. The molecule has 0 radical (unpaired) electrons.